The van der Waals surface area contributed by atoms with Crippen LogP contribution in [0.4, 0.5) is 0 Å². The summed E-state index contributed by atoms with van der Waals surface area (Å²) < 4.78 is 4.93. The maximum absolute atomic E-state index is 12.2. The second-order valence-electron chi connectivity index (χ2n) is 5.14. The van der Waals surface area contributed by atoms with E-state index in [2.05, 4.69) is 15.3 Å². The van der Waals surface area contributed by atoms with Crippen molar-refractivity contribution >= 4 is 11.8 Å². The van der Waals surface area contributed by atoms with Crippen LogP contribution >= 0.6 is 0 Å². The van der Waals surface area contributed by atoms with Crippen LogP contribution in [0.25, 0.3) is 0 Å². The van der Waals surface area contributed by atoms with Crippen LogP contribution in [0.2, 0.25) is 0 Å². The van der Waals surface area contributed by atoms with Gasteiger partial charge in [-0.05, 0) is 18.9 Å². The van der Waals surface area contributed by atoms with E-state index in [1.165, 1.54) is 31.1 Å². The highest BCUT2D eigenvalue weighted by molar-refractivity contribution is 5.94. The van der Waals surface area contributed by atoms with E-state index in [-0.39, 0.29) is 17.9 Å². The number of rotatable bonds is 3. The number of hydrogen-bond donors (Lipinski definition) is 1. The number of likely N-dealkylation sites (tertiary alicyclic amines) is 1. The lowest BCUT2D eigenvalue weighted by atomic mass is 10.0. The molecule has 114 valence electrons. The number of piperidine rings is 1. The zero-order valence-electron chi connectivity index (χ0n) is 11.9. The minimum Gasteiger partial charge on any atom is -0.472 e. The Morgan fingerprint density at radius 3 is 2.73 bits per heavy atom. The highest BCUT2D eigenvalue weighted by Crippen LogP contribution is 2.14. The van der Waals surface area contributed by atoms with Crippen molar-refractivity contribution in [2.45, 2.75) is 18.9 Å². The zero-order valence-corrected chi connectivity index (χ0v) is 11.9. The van der Waals surface area contributed by atoms with Crippen molar-refractivity contribution in [1.82, 2.24) is 20.2 Å². The number of amides is 2. The molecule has 0 aliphatic carbocycles. The van der Waals surface area contributed by atoms with Gasteiger partial charge in [-0.15, -0.1) is 0 Å². The second-order valence-corrected chi connectivity index (χ2v) is 5.14. The molecule has 0 saturated carbocycles. The summed E-state index contributed by atoms with van der Waals surface area (Å²) in [6.07, 6.45) is 8.82. The Hall–Kier alpha value is -2.70. The number of nitrogens with zero attached hydrogens (tertiary/aromatic N) is 3. The Labute approximate surface area is 127 Å². The molecule has 0 bridgehead atoms. The number of hydrogen-bond acceptors (Lipinski definition) is 5. The maximum atomic E-state index is 12.2. The van der Waals surface area contributed by atoms with Crippen LogP contribution in [0.15, 0.2) is 41.6 Å². The highest BCUT2D eigenvalue weighted by atomic mass is 16.3. The van der Waals surface area contributed by atoms with Gasteiger partial charge in [0.05, 0.1) is 18.0 Å². The van der Waals surface area contributed by atoms with E-state index in [0.717, 1.165) is 12.8 Å². The van der Waals surface area contributed by atoms with Crippen LogP contribution in [-0.2, 0) is 0 Å². The third-order valence-electron chi connectivity index (χ3n) is 3.68. The van der Waals surface area contributed by atoms with Crippen LogP contribution in [0.5, 0.6) is 0 Å². The minimum absolute atomic E-state index is 0.0348. The molecule has 0 aromatic carbocycles. The molecule has 7 nitrogen and oxygen atoms in total. The molecule has 1 fully saturated rings. The summed E-state index contributed by atoms with van der Waals surface area (Å²) in [6.45, 7) is 1.21. The molecule has 0 unspecified atom stereocenters. The summed E-state index contributed by atoms with van der Waals surface area (Å²) in [5, 5.41) is 2.93. The lowest BCUT2D eigenvalue weighted by Gasteiger charge is -2.32. The minimum atomic E-state index is -0.229. The summed E-state index contributed by atoms with van der Waals surface area (Å²) in [7, 11) is 0. The average Bonchev–Trinajstić information content (AvgIpc) is 3.10. The maximum Gasteiger partial charge on any atom is 0.271 e. The van der Waals surface area contributed by atoms with Crippen LogP contribution in [0.1, 0.15) is 33.7 Å². The van der Waals surface area contributed by atoms with Crippen LogP contribution in [-0.4, -0.2) is 45.8 Å². The summed E-state index contributed by atoms with van der Waals surface area (Å²) in [4.78, 5) is 33.8. The number of furan rings is 1. The fraction of sp³-hybridized carbons (Fsp3) is 0.333. The van der Waals surface area contributed by atoms with E-state index in [1.54, 1.807) is 11.0 Å². The molecule has 1 N–H and O–H groups in total. The monoisotopic (exact) mass is 300 g/mol. The normalized spacial score (nSPS) is 15.5. The van der Waals surface area contributed by atoms with Crippen LogP contribution < -0.4 is 5.32 Å². The van der Waals surface area contributed by atoms with Crippen molar-refractivity contribution in [3.05, 3.63) is 48.4 Å². The lowest BCUT2D eigenvalue weighted by Crippen LogP contribution is -2.46. The summed E-state index contributed by atoms with van der Waals surface area (Å²) in [5.74, 6) is -0.264. The molecule has 3 rings (SSSR count). The van der Waals surface area contributed by atoms with Crippen molar-refractivity contribution in [2.24, 2.45) is 0 Å². The molecule has 1 aliphatic rings. The third kappa shape index (κ3) is 3.13. The molecule has 22 heavy (non-hydrogen) atoms. The van der Waals surface area contributed by atoms with Gasteiger partial charge in [0.1, 0.15) is 12.0 Å². The van der Waals surface area contributed by atoms with Gasteiger partial charge in [0.2, 0.25) is 0 Å². The summed E-state index contributed by atoms with van der Waals surface area (Å²) in [6, 6.07) is 1.70. The summed E-state index contributed by atoms with van der Waals surface area (Å²) >= 11 is 0. The first kappa shape index (κ1) is 14.2. The molecule has 1 aliphatic heterocycles. The van der Waals surface area contributed by atoms with Gasteiger partial charge in [0.25, 0.3) is 11.8 Å². The molecular formula is C15H16N4O3. The Kier molecular flexibility index (Phi) is 4.13. The standard InChI is InChI=1S/C15H16N4O3/c20-14(13-9-16-4-5-17-13)18-12-1-6-19(7-2-12)15(21)11-3-8-22-10-11/h3-5,8-10,12H,1-2,6-7H2,(H,18,20). The fourth-order valence-electron chi connectivity index (χ4n) is 2.47. The zero-order chi connectivity index (χ0) is 15.4. The Morgan fingerprint density at radius 1 is 1.27 bits per heavy atom. The topological polar surface area (TPSA) is 88.3 Å². The van der Waals surface area contributed by atoms with Crippen LogP contribution in [0, 0.1) is 0 Å². The number of carbonyl (C=O) groups excluding carboxylic acids is 2. The number of carbonyl (C=O) groups is 2. The van der Waals surface area contributed by atoms with E-state index in [0.29, 0.717) is 24.3 Å². The first-order valence-electron chi connectivity index (χ1n) is 7.12. The van der Waals surface area contributed by atoms with Gasteiger partial charge in [0.15, 0.2) is 0 Å². The van der Waals surface area contributed by atoms with Gasteiger partial charge in [-0.25, -0.2) is 4.98 Å². The second kappa shape index (κ2) is 6.38. The Balaban J connectivity index is 1.52. The third-order valence-corrected chi connectivity index (χ3v) is 3.68. The van der Waals surface area contributed by atoms with Crippen molar-refractivity contribution < 1.29 is 14.0 Å². The molecule has 3 heterocycles. The predicted octanol–water partition coefficient (Wildman–Crippen LogP) is 1.10. The average molecular weight is 300 g/mol. The van der Waals surface area contributed by atoms with Gasteiger partial charge in [-0.3, -0.25) is 14.6 Å². The SMILES string of the molecule is O=C(NC1CCN(C(=O)c2ccoc2)CC1)c1cnccn1. The van der Waals surface area contributed by atoms with E-state index in [1.807, 2.05) is 0 Å². The molecule has 7 heteroatoms. The van der Waals surface area contributed by atoms with Crippen molar-refractivity contribution in [3.8, 4) is 0 Å². The first-order chi connectivity index (χ1) is 10.7. The van der Waals surface area contributed by atoms with Crippen molar-refractivity contribution in [2.75, 3.05) is 13.1 Å². The highest BCUT2D eigenvalue weighted by Gasteiger charge is 2.25. The number of aromatic nitrogens is 2. The first-order valence-corrected chi connectivity index (χ1v) is 7.12. The summed E-state index contributed by atoms with van der Waals surface area (Å²) in [5.41, 5.74) is 0.862. The van der Waals surface area contributed by atoms with Crippen molar-refractivity contribution in [3.63, 3.8) is 0 Å². The Bertz CT molecular complexity index is 634. The molecule has 1 saturated heterocycles. The molecular weight excluding hydrogens is 284 g/mol. The molecule has 2 amide bonds. The quantitative estimate of drug-likeness (QED) is 0.917. The van der Waals surface area contributed by atoms with E-state index in [4.69, 9.17) is 4.42 Å². The number of nitrogens with one attached hydrogen (secondary N) is 1. The van der Waals surface area contributed by atoms with Gasteiger partial charge >= 0.3 is 0 Å². The van der Waals surface area contributed by atoms with E-state index in [9.17, 15) is 9.59 Å². The van der Waals surface area contributed by atoms with E-state index >= 15 is 0 Å². The smallest absolute Gasteiger partial charge is 0.271 e. The van der Waals surface area contributed by atoms with Gasteiger partial charge in [-0.2, -0.15) is 0 Å². The van der Waals surface area contributed by atoms with Crippen LogP contribution in [0.3, 0.4) is 0 Å². The lowest BCUT2D eigenvalue weighted by molar-refractivity contribution is 0.0697. The van der Waals surface area contributed by atoms with Gasteiger partial charge in [-0.1, -0.05) is 0 Å². The largest absolute Gasteiger partial charge is 0.472 e. The van der Waals surface area contributed by atoms with E-state index < -0.39 is 0 Å². The van der Waals surface area contributed by atoms with Gasteiger partial charge < -0.3 is 14.6 Å². The van der Waals surface area contributed by atoms with Crippen molar-refractivity contribution in [1.29, 1.82) is 0 Å². The molecule has 0 atom stereocenters. The Morgan fingerprint density at radius 2 is 2.09 bits per heavy atom. The molecule has 0 radical (unpaired) electrons. The molecule has 2 aromatic heterocycles. The molecule has 0 spiro atoms. The molecule has 2 aromatic rings. The predicted molar refractivity (Wildman–Crippen MR) is 77.1 cm³/mol. The fourth-order valence-corrected chi connectivity index (χ4v) is 2.47. The van der Waals surface area contributed by atoms with Gasteiger partial charge in [0, 0.05) is 31.5 Å².